The lowest BCUT2D eigenvalue weighted by molar-refractivity contribution is -0.126. The van der Waals surface area contributed by atoms with Gasteiger partial charge in [0.05, 0.1) is 10.9 Å². The molecule has 1 heterocycles. The predicted octanol–water partition coefficient (Wildman–Crippen LogP) is 4.40. The van der Waals surface area contributed by atoms with E-state index in [1.54, 1.807) is 6.07 Å². The SMILES string of the molecule is O=C(NCCC1=CCCCC1)[C@H]1CCCN(S(=O)(=O)c2cc(Cl)ccc2Cl)C1. The Morgan fingerprint density at radius 2 is 2.04 bits per heavy atom. The normalized spacial score (nSPS) is 21.2. The van der Waals surface area contributed by atoms with Gasteiger partial charge in [0.15, 0.2) is 0 Å². The van der Waals surface area contributed by atoms with Crippen LogP contribution in [0.4, 0.5) is 0 Å². The van der Waals surface area contributed by atoms with Crippen LogP contribution in [0.15, 0.2) is 34.7 Å². The van der Waals surface area contributed by atoms with Gasteiger partial charge in [0.25, 0.3) is 0 Å². The molecule has 0 bridgehead atoms. The molecule has 5 nitrogen and oxygen atoms in total. The van der Waals surface area contributed by atoms with E-state index in [1.807, 2.05) is 0 Å². The van der Waals surface area contributed by atoms with Gasteiger partial charge in [0.2, 0.25) is 15.9 Å². The summed E-state index contributed by atoms with van der Waals surface area (Å²) in [6.45, 7) is 1.15. The fourth-order valence-electron chi connectivity index (χ4n) is 3.81. The maximum atomic E-state index is 13.0. The van der Waals surface area contributed by atoms with Gasteiger partial charge >= 0.3 is 0 Å². The van der Waals surface area contributed by atoms with Crippen molar-refractivity contribution in [3.63, 3.8) is 0 Å². The molecule has 1 aromatic carbocycles. The molecule has 0 unspecified atom stereocenters. The molecule has 1 saturated heterocycles. The largest absolute Gasteiger partial charge is 0.356 e. The molecular weight excluding hydrogens is 419 g/mol. The van der Waals surface area contributed by atoms with E-state index in [2.05, 4.69) is 11.4 Å². The molecule has 1 atom stereocenters. The first kappa shape index (κ1) is 21.6. The average molecular weight is 445 g/mol. The maximum absolute atomic E-state index is 13.0. The molecule has 154 valence electrons. The second-order valence-electron chi connectivity index (χ2n) is 7.43. The van der Waals surface area contributed by atoms with Crippen molar-refractivity contribution in [3.8, 4) is 0 Å². The monoisotopic (exact) mass is 444 g/mol. The van der Waals surface area contributed by atoms with Crippen molar-refractivity contribution in [1.29, 1.82) is 0 Å². The van der Waals surface area contributed by atoms with E-state index < -0.39 is 10.0 Å². The number of rotatable bonds is 6. The van der Waals surface area contributed by atoms with Crippen LogP contribution in [0.1, 0.15) is 44.9 Å². The Morgan fingerprint density at radius 1 is 1.21 bits per heavy atom. The van der Waals surface area contributed by atoms with Crippen LogP contribution in [0.2, 0.25) is 10.0 Å². The van der Waals surface area contributed by atoms with Crippen molar-refractivity contribution >= 4 is 39.1 Å². The lowest BCUT2D eigenvalue weighted by Gasteiger charge is -2.31. The molecule has 1 amide bonds. The van der Waals surface area contributed by atoms with Crippen LogP contribution in [0.25, 0.3) is 0 Å². The molecule has 1 aromatic rings. The highest BCUT2D eigenvalue weighted by Crippen LogP contribution is 2.30. The zero-order valence-electron chi connectivity index (χ0n) is 15.8. The molecule has 28 heavy (non-hydrogen) atoms. The number of amides is 1. The van der Waals surface area contributed by atoms with E-state index in [0.717, 1.165) is 19.3 Å². The average Bonchev–Trinajstić information content (AvgIpc) is 2.70. The van der Waals surface area contributed by atoms with Crippen LogP contribution in [0, 0.1) is 5.92 Å². The Balaban J connectivity index is 1.60. The fraction of sp³-hybridized carbons (Fsp3) is 0.550. The minimum absolute atomic E-state index is 0.00744. The first-order valence-corrected chi connectivity index (χ1v) is 12.0. The molecule has 1 fully saturated rings. The number of carbonyl (C=O) groups is 1. The van der Waals surface area contributed by atoms with Crippen LogP contribution in [0.3, 0.4) is 0 Å². The Labute approximate surface area is 177 Å². The smallest absolute Gasteiger partial charge is 0.244 e. The summed E-state index contributed by atoms with van der Waals surface area (Å²) in [4.78, 5) is 12.6. The molecule has 3 rings (SSSR count). The molecule has 0 saturated carbocycles. The Morgan fingerprint density at radius 3 is 2.79 bits per heavy atom. The lowest BCUT2D eigenvalue weighted by Crippen LogP contribution is -2.45. The number of nitrogens with zero attached hydrogens (tertiary/aromatic N) is 1. The van der Waals surface area contributed by atoms with Crippen molar-refractivity contribution in [3.05, 3.63) is 39.9 Å². The van der Waals surface area contributed by atoms with Crippen molar-refractivity contribution in [2.24, 2.45) is 5.92 Å². The quantitative estimate of drug-likeness (QED) is 0.660. The van der Waals surface area contributed by atoms with Gasteiger partial charge in [-0.2, -0.15) is 4.31 Å². The van der Waals surface area contributed by atoms with E-state index in [1.165, 1.54) is 34.9 Å². The molecule has 0 radical (unpaired) electrons. The summed E-state index contributed by atoms with van der Waals surface area (Å²) in [6, 6.07) is 4.39. The fourth-order valence-corrected chi connectivity index (χ4v) is 6.07. The lowest BCUT2D eigenvalue weighted by atomic mass is 9.96. The third-order valence-corrected chi connectivity index (χ3v) is 7.98. The topological polar surface area (TPSA) is 66.5 Å². The number of hydrogen-bond donors (Lipinski definition) is 1. The third-order valence-electron chi connectivity index (χ3n) is 5.40. The molecule has 8 heteroatoms. The Bertz CT molecular complexity index is 855. The van der Waals surface area contributed by atoms with Crippen LogP contribution in [-0.2, 0) is 14.8 Å². The molecule has 1 aliphatic carbocycles. The number of hydrogen-bond acceptors (Lipinski definition) is 3. The third kappa shape index (κ3) is 5.29. The molecule has 0 spiro atoms. The number of nitrogens with one attached hydrogen (secondary N) is 1. The summed E-state index contributed by atoms with van der Waals surface area (Å²) in [7, 11) is -3.79. The van der Waals surface area contributed by atoms with Crippen LogP contribution < -0.4 is 5.32 Å². The number of allylic oxidation sites excluding steroid dienone is 1. The minimum atomic E-state index is -3.79. The Kier molecular flexibility index (Phi) is 7.42. The summed E-state index contributed by atoms with van der Waals surface area (Å²) in [5.74, 6) is -0.421. The van der Waals surface area contributed by atoms with Crippen LogP contribution in [0.5, 0.6) is 0 Å². The molecule has 1 N–H and O–H groups in total. The number of halogens is 2. The highest BCUT2D eigenvalue weighted by atomic mass is 35.5. The molecule has 2 aliphatic rings. The summed E-state index contributed by atoms with van der Waals surface area (Å²) in [5.41, 5.74) is 1.41. The van der Waals surface area contributed by atoms with Gasteiger partial charge in [-0.25, -0.2) is 8.42 Å². The van der Waals surface area contributed by atoms with Gasteiger partial charge in [-0.05, 0) is 63.1 Å². The number of piperidine rings is 1. The van der Waals surface area contributed by atoms with Crippen LogP contribution >= 0.6 is 23.2 Å². The second-order valence-corrected chi connectivity index (χ2v) is 10.2. The number of carbonyl (C=O) groups excluding carboxylic acids is 1. The van der Waals surface area contributed by atoms with Crippen molar-refractivity contribution < 1.29 is 13.2 Å². The zero-order valence-corrected chi connectivity index (χ0v) is 18.1. The van der Waals surface area contributed by atoms with E-state index in [0.29, 0.717) is 31.0 Å². The van der Waals surface area contributed by atoms with Gasteiger partial charge < -0.3 is 5.32 Å². The van der Waals surface area contributed by atoms with E-state index in [4.69, 9.17) is 23.2 Å². The van der Waals surface area contributed by atoms with E-state index >= 15 is 0 Å². The summed E-state index contributed by atoms with van der Waals surface area (Å²) in [6.07, 6.45) is 9.19. The predicted molar refractivity (Wildman–Crippen MR) is 112 cm³/mol. The van der Waals surface area contributed by atoms with Gasteiger partial charge in [-0.15, -0.1) is 0 Å². The van der Waals surface area contributed by atoms with Gasteiger partial charge in [-0.3, -0.25) is 4.79 Å². The van der Waals surface area contributed by atoms with Crippen molar-refractivity contribution in [2.45, 2.75) is 49.8 Å². The zero-order chi connectivity index (χ0) is 20.1. The van der Waals surface area contributed by atoms with E-state index in [9.17, 15) is 13.2 Å². The first-order chi connectivity index (χ1) is 13.4. The molecule has 0 aromatic heterocycles. The highest BCUT2D eigenvalue weighted by molar-refractivity contribution is 7.89. The van der Waals surface area contributed by atoms with Gasteiger partial charge in [0.1, 0.15) is 4.90 Å². The molecule has 1 aliphatic heterocycles. The second kappa shape index (κ2) is 9.61. The maximum Gasteiger partial charge on any atom is 0.244 e. The van der Waals surface area contributed by atoms with E-state index in [-0.39, 0.29) is 28.3 Å². The molecular formula is C20H26Cl2N2O3S. The standard InChI is InChI=1S/C20H26Cl2N2O3S/c21-17-8-9-18(22)19(13-17)28(26,27)24-12-4-7-16(14-24)20(25)23-11-10-15-5-2-1-3-6-15/h5,8-9,13,16H,1-4,6-7,10-12,14H2,(H,23,25)/t16-/m0/s1. The summed E-state index contributed by atoms with van der Waals surface area (Å²) in [5, 5.41) is 3.43. The van der Waals surface area contributed by atoms with Gasteiger partial charge in [-0.1, -0.05) is 34.9 Å². The summed E-state index contributed by atoms with van der Waals surface area (Å²) >= 11 is 12.0. The van der Waals surface area contributed by atoms with Crippen molar-refractivity contribution in [1.82, 2.24) is 9.62 Å². The van der Waals surface area contributed by atoms with Gasteiger partial charge in [0, 0.05) is 24.7 Å². The first-order valence-electron chi connectivity index (χ1n) is 9.79. The van der Waals surface area contributed by atoms with Crippen molar-refractivity contribution in [2.75, 3.05) is 19.6 Å². The number of sulfonamides is 1. The minimum Gasteiger partial charge on any atom is -0.356 e. The number of benzene rings is 1. The highest BCUT2D eigenvalue weighted by Gasteiger charge is 2.34. The van der Waals surface area contributed by atoms with Crippen LogP contribution in [-0.4, -0.2) is 38.3 Å². The summed E-state index contributed by atoms with van der Waals surface area (Å²) < 4.78 is 27.3. The Hall–Kier alpha value is -1.08.